The predicted octanol–water partition coefficient (Wildman–Crippen LogP) is -0.509. The van der Waals surface area contributed by atoms with E-state index in [1.54, 1.807) is 0 Å². The Morgan fingerprint density at radius 3 is 2.73 bits per heavy atom. The molecule has 1 rings (SSSR count). The van der Waals surface area contributed by atoms with Crippen molar-refractivity contribution in [3.05, 3.63) is 0 Å². The van der Waals surface area contributed by atoms with Gasteiger partial charge in [-0.05, 0) is 6.92 Å². The van der Waals surface area contributed by atoms with E-state index in [2.05, 4.69) is 0 Å². The predicted molar refractivity (Wildman–Crippen MR) is 38.0 cm³/mol. The number of aliphatic hydroxyl groups excluding tert-OH is 2. The van der Waals surface area contributed by atoms with Crippen LogP contribution in [0, 0.1) is 0 Å². The van der Waals surface area contributed by atoms with Gasteiger partial charge in [0.05, 0.1) is 12.7 Å². The van der Waals surface area contributed by atoms with E-state index in [4.69, 9.17) is 19.7 Å². The van der Waals surface area contributed by atoms with Crippen molar-refractivity contribution in [2.45, 2.75) is 31.8 Å². The van der Waals surface area contributed by atoms with Crippen LogP contribution in [0.25, 0.3) is 0 Å². The van der Waals surface area contributed by atoms with Crippen molar-refractivity contribution >= 4 is 0 Å². The highest BCUT2D eigenvalue weighted by Gasteiger charge is 2.31. The fourth-order valence-electron chi connectivity index (χ4n) is 1.09. The van der Waals surface area contributed by atoms with Crippen LogP contribution in [0.15, 0.2) is 0 Å². The lowest BCUT2D eigenvalue weighted by atomic mass is 10.2. The SMILES string of the molecule is CCOC[C@@H]1CC(O)[C@H](O)O1. The average Bonchev–Trinajstić information content (AvgIpc) is 2.28. The van der Waals surface area contributed by atoms with Gasteiger partial charge in [0.15, 0.2) is 6.29 Å². The van der Waals surface area contributed by atoms with Gasteiger partial charge in [-0.15, -0.1) is 0 Å². The second-order valence-electron chi connectivity index (χ2n) is 2.61. The number of rotatable bonds is 3. The molecule has 0 bridgehead atoms. The van der Waals surface area contributed by atoms with Crippen LogP contribution < -0.4 is 0 Å². The van der Waals surface area contributed by atoms with E-state index in [0.717, 1.165) is 0 Å². The summed E-state index contributed by atoms with van der Waals surface area (Å²) in [7, 11) is 0. The van der Waals surface area contributed by atoms with Gasteiger partial charge in [-0.25, -0.2) is 0 Å². The standard InChI is InChI=1S/C7H14O4/c1-2-10-4-5-3-6(8)7(9)11-5/h5-9H,2-4H2,1H3/t5-,6?,7+/m0/s1. The summed E-state index contributed by atoms with van der Waals surface area (Å²) in [6, 6.07) is 0. The molecule has 1 aliphatic rings. The molecular formula is C7H14O4. The van der Waals surface area contributed by atoms with E-state index in [-0.39, 0.29) is 6.10 Å². The van der Waals surface area contributed by atoms with Gasteiger partial charge in [0.1, 0.15) is 6.10 Å². The van der Waals surface area contributed by atoms with E-state index in [9.17, 15) is 0 Å². The molecule has 2 N–H and O–H groups in total. The zero-order chi connectivity index (χ0) is 8.27. The van der Waals surface area contributed by atoms with Gasteiger partial charge in [-0.1, -0.05) is 0 Å². The molecule has 4 heteroatoms. The van der Waals surface area contributed by atoms with Crippen molar-refractivity contribution < 1.29 is 19.7 Å². The molecule has 11 heavy (non-hydrogen) atoms. The number of hydrogen-bond acceptors (Lipinski definition) is 4. The number of ether oxygens (including phenoxy) is 2. The minimum atomic E-state index is -1.03. The Bertz CT molecular complexity index is 107. The van der Waals surface area contributed by atoms with Crippen LogP contribution in [0.3, 0.4) is 0 Å². The second kappa shape index (κ2) is 4.01. The highest BCUT2D eigenvalue weighted by Crippen LogP contribution is 2.18. The van der Waals surface area contributed by atoms with Crippen LogP contribution in [0.4, 0.5) is 0 Å². The van der Waals surface area contributed by atoms with Crippen LogP contribution in [0.2, 0.25) is 0 Å². The van der Waals surface area contributed by atoms with Crippen molar-refractivity contribution in [1.82, 2.24) is 0 Å². The number of aliphatic hydroxyl groups is 2. The van der Waals surface area contributed by atoms with Crippen molar-refractivity contribution in [2.24, 2.45) is 0 Å². The van der Waals surface area contributed by atoms with E-state index in [0.29, 0.717) is 19.6 Å². The maximum absolute atomic E-state index is 9.04. The fourth-order valence-corrected chi connectivity index (χ4v) is 1.09. The first-order chi connectivity index (χ1) is 5.24. The molecule has 0 aromatic rings. The average molecular weight is 162 g/mol. The molecule has 0 aromatic carbocycles. The Kier molecular flexibility index (Phi) is 3.26. The molecule has 0 saturated carbocycles. The Morgan fingerprint density at radius 2 is 2.27 bits per heavy atom. The molecule has 0 amide bonds. The highest BCUT2D eigenvalue weighted by atomic mass is 16.6. The topological polar surface area (TPSA) is 58.9 Å². The Morgan fingerprint density at radius 1 is 1.55 bits per heavy atom. The van der Waals surface area contributed by atoms with Crippen LogP contribution in [-0.2, 0) is 9.47 Å². The lowest BCUT2D eigenvalue weighted by Gasteiger charge is -2.08. The van der Waals surface area contributed by atoms with Crippen LogP contribution >= 0.6 is 0 Å². The summed E-state index contributed by atoms with van der Waals surface area (Å²) < 4.78 is 10.0. The molecule has 0 spiro atoms. The third-order valence-corrected chi connectivity index (χ3v) is 1.67. The Labute approximate surface area is 65.7 Å². The molecule has 1 unspecified atom stereocenters. The van der Waals surface area contributed by atoms with Gasteiger partial charge in [0, 0.05) is 13.0 Å². The molecule has 0 radical (unpaired) electrons. The molecular weight excluding hydrogens is 148 g/mol. The summed E-state index contributed by atoms with van der Waals surface area (Å²) in [6.07, 6.45) is -1.47. The summed E-state index contributed by atoms with van der Waals surface area (Å²) in [4.78, 5) is 0. The molecule has 3 atom stereocenters. The maximum Gasteiger partial charge on any atom is 0.181 e. The van der Waals surface area contributed by atoms with Gasteiger partial charge < -0.3 is 19.7 Å². The third kappa shape index (κ3) is 2.41. The third-order valence-electron chi connectivity index (χ3n) is 1.67. The van der Waals surface area contributed by atoms with Crippen molar-refractivity contribution in [1.29, 1.82) is 0 Å². The van der Waals surface area contributed by atoms with E-state index in [1.807, 2.05) is 6.92 Å². The van der Waals surface area contributed by atoms with Gasteiger partial charge in [0.2, 0.25) is 0 Å². The molecule has 66 valence electrons. The normalized spacial score (nSPS) is 37.9. The zero-order valence-electron chi connectivity index (χ0n) is 6.56. The highest BCUT2D eigenvalue weighted by molar-refractivity contribution is 4.74. The Hall–Kier alpha value is -0.160. The monoisotopic (exact) mass is 162 g/mol. The van der Waals surface area contributed by atoms with Crippen molar-refractivity contribution in [3.63, 3.8) is 0 Å². The molecule has 1 saturated heterocycles. The summed E-state index contributed by atoms with van der Waals surface area (Å²) in [5, 5.41) is 18.0. The summed E-state index contributed by atoms with van der Waals surface area (Å²) >= 11 is 0. The van der Waals surface area contributed by atoms with Gasteiger partial charge in [-0.3, -0.25) is 0 Å². The van der Waals surface area contributed by atoms with Crippen molar-refractivity contribution in [2.75, 3.05) is 13.2 Å². The smallest absolute Gasteiger partial charge is 0.181 e. The summed E-state index contributed by atoms with van der Waals surface area (Å²) in [5.41, 5.74) is 0. The minimum absolute atomic E-state index is 0.153. The second-order valence-corrected chi connectivity index (χ2v) is 2.61. The van der Waals surface area contributed by atoms with Gasteiger partial charge in [0.25, 0.3) is 0 Å². The molecule has 0 aromatic heterocycles. The molecule has 1 aliphatic heterocycles. The largest absolute Gasteiger partial charge is 0.388 e. The molecule has 1 heterocycles. The van der Waals surface area contributed by atoms with E-state index in [1.165, 1.54) is 0 Å². The lowest BCUT2D eigenvalue weighted by molar-refractivity contribution is -0.136. The summed E-state index contributed by atoms with van der Waals surface area (Å²) in [6.45, 7) is 2.97. The van der Waals surface area contributed by atoms with Crippen LogP contribution in [0.1, 0.15) is 13.3 Å². The van der Waals surface area contributed by atoms with Crippen LogP contribution in [-0.4, -0.2) is 41.9 Å². The van der Waals surface area contributed by atoms with E-state index < -0.39 is 12.4 Å². The molecule has 4 nitrogen and oxygen atoms in total. The first kappa shape index (κ1) is 8.93. The maximum atomic E-state index is 9.04. The quantitative estimate of drug-likeness (QED) is 0.587. The van der Waals surface area contributed by atoms with Gasteiger partial charge >= 0.3 is 0 Å². The summed E-state index contributed by atoms with van der Waals surface area (Å²) in [5.74, 6) is 0. The fraction of sp³-hybridized carbons (Fsp3) is 1.00. The molecule has 0 aliphatic carbocycles. The number of hydrogen-bond donors (Lipinski definition) is 2. The Balaban J connectivity index is 2.18. The lowest BCUT2D eigenvalue weighted by Crippen LogP contribution is -2.19. The zero-order valence-corrected chi connectivity index (χ0v) is 6.56. The molecule has 1 fully saturated rings. The van der Waals surface area contributed by atoms with E-state index >= 15 is 0 Å². The van der Waals surface area contributed by atoms with Gasteiger partial charge in [-0.2, -0.15) is 0 Å². The first-order valence-corrected chi connectivity index (χ1v) is 3.83. The van der Waals surface area contributed by atoms with Crippen molar-refractivity contribution in [3.8, 4) is 0 Å². The first-order valence-electron chi connectivity index (χ1n) is 3.83. The van der Waals surface area contributed by atoms with Crippen LogP contribution in [0.5, 0.6) is 0 Å². The minimum Gasteiger partial charge on any atom is -0.388 e.